The molecule has 27 heavy (non-hydrogen) atoms. The standard InChI is InChI=1S/C21H26ClFN2O.ClH/c1-2-3-19-11-21(26-13-17-10-18(22)6-7-20(17)23)25(24-19)12-16-9-14-4-5-15(16)8-14;/h6-7,10-11,14-16H,2-5,8-9,12-13H2,1H3;1H. The van der Waals surface area contributed by atoms with Gasteiger partial charge in [0, 0.05) is 23.2 Å². The van der Waals surface area contributed by atoms with E-state index in [2.05, 4.69) is 6.92 Å². The molecule has 0 saturated heterocycles. The molecule has 1 aromatic heterocycles. The van der Waals surface area contributed by atoms with Gasteiger partial charge in [0.25, 0.3) is 0 Å². The highest BCUT2D eigenvalue weighted by molar-refractivity contribution is 6.30. The van der Waals surface area contributed by atoms with Crippen LogP contribution in [-0.4, -0.2) is 9.78 Å². The lowest BCUT2D eigenvalue weighted by atomic mass is 9.89. The van der Waals surface area contributed by atoms with Gasteiger partial charge in [0.05, 0.1) is 5.69 Å². The molecule has 0 amide bonds. The summed E-state index contributed by atoms with van der Waals surface area (Å²) in [7, 11) is 0. The fourth-order valence-electron chi connectivity index (χ4n) is 4.70. The Morgan fingerprint density at radius 2 is 2.11 bits per heavy atom. The summed E-state index contributed by atoms with van der Waals surface area (Å²) in [6, 6.07) is 6.58. The first-order chi connectivity index (χ1) is 12.6. The Bertz CT molecular complexity index is 780. The third kappa shape index (κ3) is 4.60. The first-order valence-electron chi connectivity index (χ1n) is 9.75. The molecular weight excluding hydrogens is 386 g/mol. The summed E-state index contributed by atoms with van der Waals surface area (Å²) in [5.41, 5.74) is 1.53. The van der Waals surface area contributed by atoms with Gasteiger partial charge in [-0.2, -0.15) is 5.10 Å². The van der Waals surface area contributed by atoms with E-state index >= 15 is 0 Å². The maximum Gasteiger partial charge on any atom is 0.212 e. The van der Waals surface area contributed by atoms with Crippen LogP contribution < -0.4 is 4.74 Å². The predicted molar refractivity (Wildman–Crippen MR) is 108 cm³/mol. The van der Waals surface area contributed by atoms with E-state index in [4.69, 9.17) is 21.4 Å². The number of hydrogen-bond donors (Lipinski definition) is 0. The molecule has 0 N–H and O–H groups in total. The van der Waals surface area contributed by atoms with Crippen molar-refractivity contribution in [3.05, 3.63) is 46.4 Å². The van der Waals surface area contributed by atoms with Gasteiger partial charge in [0.15, 0.2) is 0 Å². The molecule has 0 aliphatic heterocycles. The van der Waals surface area contributed by atoms with Crippen LogP contribution in [0.4, 0.5) is 4.39 Å². The quantitative estimate of drug-likeness (QED) is 0.551. The van der Waals surface area contributed by atoms with Crippen LogP contribution in [0.5, 0.6) is 5.88 Å². The maximum absolute atomic E-state index is 14.0. The van der Waals surface area contributed by atoms with Crippen LogP contribution in [0.15, 0.2) is 24.3 Å². The summed E-state index contributed by atoms with van der Waals surface area (Å²) < 4.78 is 22.0. The summed E-state index contributed by atoms with van der Waals surface area (Å²) in [6.07, 6.45) is 7.45. The molecule has 0 spiro atoms. The van der Waals surface area contributed by atoms with E-state index in [9.17, 15) is 4.39 Å². The number of aryl methyl sites for hydroxylation is 1. The monoisotopic (exact) mass is 412 g/mol. The van der Waals surface area contributed by atoms with Gasteiger partial charge in [0.1, 0.15) is 12.4 Å². The molecule has 4 rings (SSSR count). The van der Waals surface area contributed by atoms with Gasteiger partial charge in [-0.3, -0.25) is 0 Å². The highest BCUT2D eigenvalue weighted by atomic mass is 35.5. The fourth-order valence-corrected chi connectivity index (χ4v) is 4.90. The van der Waals surface area contributed by atoms with Crippen LogP contribution in [0.1, 0.15) is 50.3 Å². The number of fused-ring (bicyclic) bond motifs is 2. The summed E-state index contributed by atoms with van der Waals surface area (Å²) in [5, 5.41) is 5.29. The van der Waals surface area contributed by atoms with Crippen molar-refractivity contribution in [2.45, 2.75) is 58.6 Å². The molecule has 1 aromatic carbocycles. The fraction of sp³-hybridized carbons (Fsp3) is 0.571. The molecular formula is C21H27Cl2FN2O. The summed E-state index contributed by atoms with van der Waals surface area (Å²) in [5.74, 6) is 2.92. The number of hydrogen-bond acceptors (Lipinski definition) is 2. The van der Waals surface area contributed by atoms with Crippen molar-refractivity contribution in [2.75, 3.05) is 0 Å². The molecule has 2 fully saturated rings. The third-order valence-electron chi connectivity index (χ3n) is 5.98. The molecule has 2 saturated carbocycles. The van der Waals surface area contributed by atoms with Gasteiger partial charge in [-0.25, -0.2) is 9.07 Å². The van der Waals surface area contributed by atoms with E-state index in [1.54, 1.807) is 12.1 Å². The number of halogens is 3. The Hall–Kier alpha value is -1.26. The van der Waals surface area contributed by atoms with Crippen molar-refractivity contribution in [3.63, 3.8) is 0 Å². The zero-order valence-electron chi connectivity index (χ0n) is 15.7. The SMILES string of the molecule is CCCc1cc(OCc2cc(Cl)ccc2F)n(CC2CC3CCC2C3)n1.Cl. The van der Waals surface area contributed by atoms with E-state index in [1.165, 1.54) is 31.7 Å². The van der Waals surface area contributed by atoms with Gasteiger partial charge < -0.3 is 4.74 Å². The van der Waals surface area contributed by atoms with Crippen molar-refractivity contribution in [2.24, 2.45) is 17.8 Å². The van der Waals surface area contributed by atoms with Gasteiger partial charge in [-0.05, 0) is 61.6 Å². The molecule has 1 heterocycles. The van der Waals surface area contributed by atoms with E-state index in [-0.39, 0.29) is 24.8 Å². The highest BCUT2D eigenvalue weighted by Gasteiger charge is 2.39. The predicted octanol–water partition coefficient (Wildman–Crippen LogP) is 6.07. The molecule has 3 nitrogen and oxygen atoms in total. The average Bonchev–Trinajstić information content (AvgIpc) is 3.32. The lowest BCUT2D eigenvalue weighted by Crippen LogP contribution is -2.19. The number of aromatic nitrogens is 2. The Morgan fingerprint density at radius 1 is 1.26 bits per heavy atom. The van der Waals surface area contributed by atoms with Crippen molar-refractivity contribution in [3.8, 4) is 5.88 Å². The number of ether oxygens (including phenoxy) is 1. The number of rotatable bonds is 7. The molecule has 2 aliphatic rings. The smallest absolute Gasteiger partial charge is 0.212 e. The minimum Gasteiger partial charge on any atom is -0.473 e. The third-order valence-corrected chi connectivity index (χ3v) is 6.21. The normalized spacial score (nSPS) is 23.4. The zero-order chi connectivity index (χ0) is 18.1. The molecule has 2 bridgehead atoms. The Kier molecular flexibility index (Phi) is 6.69. The lowest BCUT2D eigenvalue weighted by molar-refractivity contribution is 0.234. The average molecular weight is 413 g/mol. The van der Waals surface area contributed by atoms with E-state index < -0.39 is 0 Å². The second kappa shape index (κ2) is 8.83. The van der Waals surface area contributed by atoms with Crippen LogP contribution in [0.25, 0.3) is 0 Å². The Morgan fingerprint density at radius 3 is 2.81 bits per heavy atom. The van der Waals surface area contributed by atoms with Gasteiger partial charge in [-0.15, -0.1) is 12.4 Å². The van der Waals surface area contributed by atoms with Crippen LogP contribution in [0, 0.1) is 23.6 Å². The summed E-state index contributed by atoms with van der Waals surface area (Å²) >= 11 is 5.98. The van der Waals surface area contributed by atoms with Gasteiger partial charge in [0.2, 0.25) is 5.88 Å². The molecule has 3 atom stereocenters. The van der Waals surface area contributed by atoms with Crippen molar-refractivity contribution in [1.82, 2.24) is 9.78 Å². The first kappa shape index (κ1) is 20.5. The molecule has 6 heteroatoms. The highest BCUT2D eigenvalue weighted by Crippen LogP contribution is 2.49. The van der Waals surface area contributed by atoms with Crippen LogP contribution in [-0.2, 0) is 19.6 Å². The molecule has 2 aromatic rings. The molecule has 0 radical (unpaired) electrons. The van der Waals surface area contributed by atoms with Crippen molar-refractivity contribution >= 4 is 24.0 Å². The summed E-state index contributed by atoms with van der Waals surface area (Å²) in [4.78, 5) is 0. The number of nitrogens with zero attached hydrogens (tertiary/aromatic N) is 2. The minimum atomic E-state index is -0.289. The molecule has 3 unspecified atom stereocenters. The van der Waals surface area contributed by atoms with Crippen LogP contribution >= 0.6 is 24.0 Å². The van der Waals surface area contributed by atoms with E-state index in [0.29, 0.717) is 16.5 Å². The Balaban J connectivity index is 0.00000210. The van der Waals surface area contributed by atoms with Crippen LogP contribution in [0.2, 0.25) is 5.02 Å². The first-order valence-corrected chi connectivity index (χ1v) is 10.1. The van der Waals surface area contributed by atoms with Crippen molar-refractivity contribution < 1.29 is 9.13 Å². The second-order valence-electron chi connectivity index (χ2n) is 7.87. The largest absolute Gasteiger partial charge is 0.473 e. The lowest BCUT2D eigenvalue weighted by Gasteiger charge is -2.22. The zero-order valence-corrected chi connectivity index (χ0v) is 17.2. The topological polar surface area (TPSA) is 27.1 Å². The van der Waals surface area contributed by atoms with Gasteiger partial charge >= 0.3 is 0 Å². The molecule has 148 valence electrons. The summed E-state index contributed by atoms with van der Waals surface area (Å²) in [6.45, 7) is 3.23. The van der Waals surface area contributed by atoms with Gasteiger partial charge in [-0.1, -0.05) is 31.4 Å². The Labute approximate surface area is 171 Å². The van der Waals surface area contributed by atoms with Crippen molar-refractivity contribution in [1.29, 1.82) is 0 Å². The molecule has 2 aliphatic carbocycles. The number of benzene rings is 1. The maximum atomic E-state index is 14.0. The van der Waals surface area contributed by atoms with E-state index in [0.717, 1.165) is 42.8 Å². The second-order valence-corrected chi connectivity index (χ2v) is 8.30. The minimum absolute atomic E-state index is 0. The van der Waals surface area contributed by atoms with E-state index in [1.807, 2.05) is 10.7 Å². The van der Waals surface area contributed by atoms with Crippen LogP contribution in [0.3, 0.4) is 0 Å².